The predicted molar refractivity (Wildman–Crippen MR) is 93.2 cm³/mol. The maximum absolute atomic E-state index is 12.4. The molecule has 2 heterocycles. The molecule has 0 spiro atoms. The van der Waals surface area contributed by atoms with Gasteiger partial charge in [0.15, 0.2) is 6.54 Å². The van der Waals surface area contributed by atoms with Crippen LogP contribution in [0.2, 0.25) is 0 Å². The average molecular weight is 417 g/mol. The lowest BCUT2D eigenvalue weighted by molar-refractivity contribution is -0.673. The first kappa shape index (κ1) is 17.8. The first-order valence-electron chi connectivity index (χ1n) is 8.00. The Morgan fingerprint density at radius 1 is 0.960 bits per heavy atom. The number of aryl methyl sites for hydroxylation is 2. The van der Waals surface area contributed by atoms with Gasteiger partial charge in [-0.15, -0.1) is 0 Å². The largest absolute Gasteiger partial charge is 1.00 e. The minimum absolute atomic E-state index is 0. The van der Waals surface area contributed by atoms with E-state index in [4.69, 9.17) is 0 Å². The molecule has 25 heavy (non-hydrogen) atoms. The van der Waals surface area contributed by atoms with Crippen LogP contribution in [-0.4, -0.2) is 23.3 Å². The average Bonchev–Trinajstić information content (AvgIpc) is 3.04. The molecule has 0 N–H and O–H groups in total. The molecule has 1 aliphatic heterocycles. The number of benzene rings is 2. The highest BCUT2D eigenvalue weighted by atomic mass is 79.9. The van der Waals surface area contributed by atoms with Crippen molar-refractivity contribution in [3.8, 4) is 0 Å². The van der Waals surface area contributed by atoms with E-state index in [9.17, 15) is 9.59 Å². The summed E-state index contributed by atoms with van der Waals surface area (Å²) in [5.74, 6) is -0.347. The normalized spacial score (nSPS) is 13.2. The molecule has 1 aromatic heterocycles. The minimum Gasteiger partial charge on any atom is -1.00 e. The van der Waals surface area contributed by atoms with Crippen molar-refractivity contribution in [1.82, 2.24) is 4.90 Å². The Morgan fingerprint density at radius 2 is 1.56 bits per heavy atom. The number of aromatic nitrogens is 1. The van der Waals surface area contributed by atoms with Crippen LogP contribution in [0.25, 0.3) is 10.2 Å². The van der Waals surface area contributed by atoms with Crippen molar-refractivity contribution in [3.05, 3.63) is 64.7 Å². The topological polar surface area (TPSA) is 41.3 Å². The van der Waals surface area contributed by atoms with E-state index in [1.54, 1.807) is 35.6 Å². The van der Waals surface area contributed by atoms with E-state index in [1.807, 2.05) is 12.1 Å². The third kappa shape index (κ3) is 3.00. The highest BCUT2D eigenvalue weighted by Crippen LogP contribution is 2.23. The van der Waals surface area contributed by atoms with Crippen molar-refractivity contribution < 1.29 is 31.1 Å². The van der Waals surface area contributed by atoms with E-state index < -0.39 is 0 Å². The zero-order chi connectivity index (χ0) is 16.7. The number of amides is 2. The van der Waals surface area contributed by atoms with Crippen LogP contribution in [0.3, 0.4) is 0 Å². The zero-order valence-corrected chi connectivity index (χ0v) is 16.1. The number of halogens is 1. The van der Waals surface area contributed by atoms with Crippen molar-refractivity contribution in [1.29, 1.82) is 0 Å². The van der Waals surface area contributed by atoms with Crippen LogP contribution in [0.15, 0.2) is 48.5 Å². The van der Waals surface area contributed by atoms with Crippen LogP contribution in [-0.2, 0) is 6.54 Å². The molecule has 0 radical (unpaired) electrons. The van der Waals surface area contributed by atoms with Gasteiger partial charge in [-0.2, -0.15) is 4.57 Å². The van der Waals surface area contributed by atoms with E-state index in [2.05, 4.69) is 23.6 Å². The van der Waals surface area contributed by atoms with Gasteiger partial charge in [-0.1, -0.05) is 35.6 Å². The number of carbonyl (C=O) groups is 2. The predicted octanol–water partition coefficient (Wildman–Crippen LogP) is 0.188. The van der Waals surface area contributed by atoms with Crippen LogP contribution in [0, 0.1) is 6.92 Å². The smallest absolute Gasteiger partial charge is 0.261 e. The summed E-state index contributed by atoms with van der Waals surface area (Å²) < 4.78 is 3.52. The minimum atomic E-state index is -0.174. The quantitative estimate of drug-likeness (QED) is 0.449. The molecule has 0 unspecified atom stereocenters. The van der Waals surface area contributed by atoms with Crippen LogP contribution < -0.4 is 21.5 Å². The molecule has 0 fully saturated rings. The summed E-state index contributed by atoms with van der Waals surface area (Å²) >= 11 is 1.77. The summed E-state index contributed by atoms with van der Waals surface area (Å²) in [7, 11) is 0. The summed E-state index contributed by atoms with van der Waals surface area (Å²) in [6, 6.07) is 15.3. The number of hydrogen-bond donors (Lipinski definition) is 0. The number of rotatable bonds is 4. The third-order valence-corrected chi connectivity index (χ3v) is 5.52. The second-order valence-electron chi connectivity index (χ2n) is 5.90. The summed E-state index contributed by atoms with van der Waals surface area (Å²) in [5, 5.41) is 1.23. The fraction of sp³-hybridized carbons (Fsp3) is 0.211. The lowest BCUT2D eigenvalue weighted by Gasteiger charge is -2.12. The van der Waals surface area contributed by atoms with Crippen molar-refractivity contribution in [2.24, 2.45) is 0 Å². The Hall–Kier alpha value is -2.05. The van der Waals surface area contributed by atoms with Gasteiger partial charge in [-0.25, -0.2) is 0 Å². The Morgan fingerprint density at radius 3 is 2.24 bits per heavy atom. The Balaban J connectivity index is 0.00000182. The van der Waals surface area contributed by atoms with Crippen molar-refractivity contribution in [3.63, 3.8) is 0 Å². The van der Waals surface area contributed by atoms with Crippen molar-refractivity contribution in [2.45, 2.75) is 19.9 Å². The molecule has 2 aromatic carbocycles. The standard InChI is InChI=1S/C19H17N2O2S.BrH/c1-13-20(16-9-4-5-10-17(16)24-13)11-6-12-21-18(22)14-7-2-3-8-15(14)19(21)23;/h2-5,7-10H,6,11-12H2,1H3;1H/q+1;/p-1. The Labute approximate surface area is 160 Å². The molecule has 6 heteroatoms. The zero-order valence-electron chi connectivity index (χ0n) is 13.7. The number of imide groups is 1. The van der Waals surface area contributed by atoms with E-state index in [1.165, 1.54) is 20.1 Å². The Kier molecular flexibility index (Phi) is 5.01. The van der Waals surface area contributed by atoms with Gasteiger partial charge in [-0.3, -0.25) is 14.5 Å². The summed E-state index contributed by atoms with van der Waals surface area (Å²) in [6.07, 6.45) is 0.748. The first-order chi connectivity index (χ1) is 11.7. The number of hydrogen-bond acceptors (Lipinski definition) is 3. The van der Waals surface area contributed by atoms with Gasteiger partial charge in [-0.05, 0) is 18.2 Å². The number of thiazole rings is 1. The summed E-state index contributed by atoms with van der Waals surface area (Å²) in [6.45, 7) is 3.35. The van der Waals surface area contributed by atoms with Crippen molar-refractivity contribution >= 4 is 33.4 Å². The molecule has 1 aliphatic rings. The fourth-order valence-electron chi connectivity index (χ4n) is 3.26. The molecule has 0 bridgehead atoms. The molecule has 4 nitrogen and oxygen atoms in total. The molecule has 0 saturated heterocycles. The molecule has 0 atom stereocenters. The van der Waals surface area contributed by atoms with Crippen LogP contribution in [0.4, 0.5) is 0 Å². The molecule has 3 aromatic rings. The number of nitrogens with zero attached hydrogens (tertiary/aromatic N) is 2. The number of fused-ring (bicyclic) bond motifs is 2. The van der Waals surface area contributed by atoms with Gasteiger partial charge in [0.2, 0.25) is 10.5 Å². The van der Waals surface area contributed by atoms with Gasteiger partial charge in [0, 0.05) is 26.0 Å². The highest BCUT2D eigenvalue weighted by molar-refractivity contribution is 7.18. The fourth-order valence-corrected chi connectivity index (χ4v) is 4.30. The molecular formula is C19H17BrN2O2S. The highest BCUT2D eigenvalue weighted by Gasteiger charge is 2.34. The molecule has 0 aliphatic carbocycles. The second kappa shape index (κ2) is 7.06. The van der Waals surface area contributed by atoms with E-state index in [0.717, 1.165) is 13.0 Å². The van der Waals surface area contributed by atoms with Gasteiger partial charge in [0.1, 0.15) is 4.70 Å². The third-order valence-electron chi connectivity index (χ3n) is 4.44. The van der Waals surface area contributed by atoms with E-state index in [0.29, 0.717) is 17.7 Å². The maximum Gasteiger partial charge on any atom is 0.261 e. The van der Waals surface area contributed by atoms with Gasteiger partial charge in [0.25, 0.3) is 11.8 Å². The summed E-state index contributed by atoms with van der Waals surface area (Å²) in [4.78, 5) is 26.1. The van der Waals surface area contributed by atoms with Gasteiger partial charge >= 0.3 is 0 Å². The number of carbonyl (C=O) groups excluding carboxylic acids is 2. The molecular weight excluding hydrogens is 400 g/mol. The van der Waals surface area contributed by atoms with Gasteiger partial charge in [0.05, 0.1) is 11.1 Å². The van der Waals surface area contributed by atoms with Crippen LogP contribution in [0.1, 0.15) is 32.1 Å². The van der Waals surface area contributed by atoms with Gasteiger partial charge < -0.3 is 17.0 Å². The molecule has 128 valence electrons. The van der Waals surface area contributed by atoms with Crippen molar-refractivity contribution in [2.75, 3.05) is 6.54 Å². The lowest BCUT2D eigenvalue weighted by Crippen LogP contribution is -3.00. The maximum atomic E-state index is 12.4. The lowest BCUT2D eigenvalue weighted by atomic mass is 10.1. The monoisotopic (exact) mass is 416 g/mol. The molecule has 0 saturated carbocycles. The van der Waals surface area contributed by atoms with Crippen LogP contribution in [0.5, 0.6) is 0 Å². The summed E-state index contributed by atoms with van der Waals surface area (Å²) in [5.41, 5.74) is 2.25. The SMILES string of the molecule is Cc1sc2ccccc2[n+]1CCCN1C(=O)c2ccccc2C1=O.[Br-]. The van der Waals surface area contributed by atoms with E-state index in [-0.39, 0.29) is 28.8 Å². The molecule has 4 rings (SSSR count). The van der Waals surface area contributed by atoms with E-state index >= 15 is 0 Å². The first-order valence-corrected chi connectivity index (χ1v) is 8.81. The second-order valence-corrected chi connectivity index (χ2v) is 7.14. The molecule has 2 amide bonds. The Bertz CT molecular complexity index is 932. The van der Waals surface area contributed by atoms with Crippen LogP contribution >= 0.6 is 11.3 Å². The number of para-hydroxylation sites is 1.